The van der Waals surface area contributed by atoms with E-state index in [1.165, 1.54) is 6.42 Å². The minimum atomic E-state index is 0. The highest BCUT2D eigenvalue weighted by molar-refractivity contribution is 14.0. The summed E-state index contributed by atoms with van der Waals surface area (Å²) in [7, 11) is 1.78. The van der Waals surface area contributed by atoms with Crippen LogP contribution >= 0.6 is 24.0 Å². The van der Waals surface area contributed by atoms with Gasteiger partial charge in [-0.1, -0.05) is 19.4 Å². The summed E-state index contributed by atoms with van der Waals surface area (Å²) in [4.78, 5) is 15.7. The van der Waals surface area contributed by atoms with Gasteiger partial charge in [0.25, 0.3) is 0 Å². The fourth-order valence-corrected chi connectivity index (χ4v) is 1.86. The van der Waals surface area contributed by atoms with Crippen molar-refractivity contribution in [1.29, 1.82) is 0 Å². The Bertz CT molecular complexity index is 459. The third-order valence-electron chi connectivity index (χ3n) is 3.06. The Morgan fingerprint density at radius 2 is 1.90 bits per heavy atom. The van der Waals surface area contributed by atoms with Crippen LogP contribution in [-0.4, -0.2) is 30.7 Å². The van der Waals surface area contributed by atoms with Crippen molar-refractivity contribution in [2.24, 2.45) is 4.99 Å². The Labute approximate surface area is 144 Å². The predicted molar refractivity (Wildman–Crippen MR) is 99.6 cm³/mol. The van der Waals surface area contributed by atoms with Gasteiger partial charge in [-0.3, -0.25) is 9.79 Å². The summed E-state index contributed by atoms with van der Waals surface area (Å²) >= 11 is 0. The maximum atomic E-state index is 11.5. The lowest BCUT2D eigenvalue weighted by Gasteiger charge is -2.11. The third-order valence-corrected chi connectivity index (χ3v) is 3.06. The first-order valence-electron chi connectivity index (χ1n) is 7.38. The van der Waals surface area contributed by atoms with E-state index in [1.807, 2.05) is 12.3 Å². The molecule has 1 heterocycles. The smallest absolute Gasteiger partial charge is 0.250 e. The van der Waals surface area contributed by atoms with Crippen LogP contribution in [0.1, 0.15) is 32.6 Å². The van der Waals surface area contributed by atoms with Gasteiger partial charge in [0.15, 0.2) is 5.96 Å². The average molecular weight is 406 g/mol. The molecule has 0 atom stereocenters. The molecule has 120 valence electrons. The first-order valence-corrected chi connectivity index (χ1v) is 7.38. The molecule has 0 unspecified atom stereocenters. The van der Waals surface area contributed by atoms with Crippen molar-refractivity contribution in [2.75, 3.05) is 20.1 Å². The van der Waals surface area contributed by atoms with E-state index in [0.29, 0.717) is 0 Å². The molecule has 0 aliphatic carbocycles. The van der Waals surface area contributed by atoms with Gasteiger partial charge in [-0.05, 0) is 25.3 Å². The molecule has 0 aliphatic heterocycles. The van der Waals surface area contributed by atoms with Crippen molar-refractivity contribution in [3.63, 3.8) is 0 Å². The van der Waals surface area contributed by atoms with Crippen LogP contribution in [0.3, 0.4) is 0 Å². The molecule has 0 fully saturated rings. The van der Waals surface area contributed by atoms with E-state index in [9.17, 15) is 4.79 Å². The molecular weight excluding hydrogens is 379 g/mol. The maximum Gasteiger partial charge on any atom is 0.250 e. The quantitative estimate of drug-likeness (QED) is 0.301. The van der Waals surface area contributed by atoms with Gasteiger partial charge >= 0.3 is 0 Å². The first kappa shape index (κ1) is 19.9. The Morgan fingerprint density at radius 1 is 1.19 bits per heavy atom. The van der Waals surface area contributed by atoms with Gasteiger partial charge in [-0.15, -0.1) is 24.0 Å². The van der Waals surface area contributed by atoms with Crippen molar-refractivity contribution in [3.05, 3.63) is 34.7 Å². The fraction of sp³-hybridized carbons (Fsp3) is 0.600. The number of hydrogen-bond acceptors (Lipinski definition) is 2. The van der Waals surface area contributed by atoms with Gasteiger partial charge in [0, 0.05) is 38.9 Å². The molecule has 0 aliphatic rings. The number of nitrogens with zero attached hydrogens (tertiary/aromatic N) is 2. The number of halogens is 1. The van der Waals surface area contributed by atoms with Crippen LogP contribution in [-0.2, 0) is 6.54 Å². The van der Waals surface area contributed by atoms with E-state index in [0.717, 1.165) is 44.9 Å². The molecular formula is C15H27IN4O. The molecule has 0 bridgehead atoms. The predicted octanol–water partition coefficient (Wildman–Crippen LogP) is 2.21. The van der Waals surface area contributed by atoms with Gasteiger partial charge in [-0.25, -0.2) is 0 Å². The van der Waals surface area contributed by atoms with Gasteiger partial charge in [0.05, 0.1) is 0 Å². The number of aliphatic imine (C=N–C) groups is 1. The minimum Gasteiger partial charge on any atom is -0.356 e. The summed E-state index contributed by atoms with van der Waals surface area (Å²) in [5.74, 6) is 0.857. The highest BCUT2D eigenvalue weighted by atomic mass is 127. The first-order chi connectivity index (χ1) is 9.77. The van der Waals surface area contributed by atoms with Crippen molar-refractivity contribution in [1.82, 2.24) is 15.2 Å². The van der Waals surface area contributed by atoms with Crippen LogP contribution in [0.15, 0.2) is 34.2 Å². The maximum absolute atomic E-state index is 11.5. The van der Waals surface area contributed by atoms with Crippen molar-refractivity contribution < 1.29 is 0 Å². The van der Waals surface area contributed by atoms with Gasteiger partial charge in [-0.2, -0.15) is 0 Å². The van der Waals surface area contributed by atoms with Crippen LogP contribution in [0.25, 0.3) is 0 Å². The summed E-state index contributed by atoms with van der Waals surface area (Å²) in [5.41, 5.74) is 0.0671. The molecule has 0 amide bonds. The van der Waals surface area contributed by atoms with Crippen LogP contribution in [0.2, 0.25) is 0 Å². The highest BCUT2D eigenvalue weighted by Gasteiger charge is 1.97. The minimum absolute atomic E-state index is 0. The number of rotatable bonds is 8. The summed E-state index contributed by atoms with van der Waals surface area (Å²) in [6, 6.07) is 5.25. The molecule has 0 saturated carbocycles. The normalized spacial score (nSPS) is 10.9. The summed E-state index contributed by atoms with van der Waals surface area (Å²) in [6.07, 6.45) is 6.15. The number of pyridine rings is 1. The molecule has 5 nitrogen and oxygen atoms in total. The molecule has 21 heavy (non-hydrogen) atoms. The number of aryl methyl sites for hydroxylation is 1. The van der Waals surface area contributed by atoms with Gasteiger partial charge < -0.3 is 15.2 Å². The van der Waals surface area contributed by atoms with Crippen molar-refractivity contribution in [2.45, 2.75) is 39.2 Å². The number of unbranched alkanes of at least 4 members (excludes halogenated alkanes) is 2. The Hall–Kier alpha value is -1.05. The number of nitrogens with one attached hydrogen (secondary N) is 2. The lowest BCUT2D eigenvalue weighted by molar-refractivity contribution is 0.585. The summed E-state index contributed by atoms with van der Waals surface area (Å²) < 4.78 is 1.74. The Morgan fingerprint density at radius 3 is 2.52 bits per heavy atom. The van der Waals surface area contributed by atoms with E-state index in [2.05, 4.69) is 22.5 Å². The second-order valence-electron chi connectivity index (χ2n) is 4.72. The molecule has 0 radical (unpaired) electrons. The molecule has 0 saturated heterocycles. The summed E-state index contributed by atoms with van der Waals surface area (Å²) in [6.45, 7) is 4.76. The molecule has 1 aromatic rings. The van der Waals surface area contributed by atoms with Crippen LogP contribution < -0.4 is 16.2 Å². The molecule has 6 heteroatoms. The van der Waals surface area contributed by atoms with E-state index in [-0.39, 0.29) is 29.5 Å². The van der Waals surface area contributed by atoms with Gasteiger partial charge in [0.1, 0.15) is 0 Å². The van der Waals surface area contributed by atoms with E-state index in [1.54, 1.807) is 23.7 Å². The number of aromatic nitrogens is 1. The molecule has 1 rings (SSSR count). The van der Waals surface area contributed by atoms with Crippen molar-refractivity contribution >= 4 is 29.9 Å². The summed E-state index contributed by atoms with van der Waals surface area (Å²) in [5, 5.41) is 6.55. The molecule has 0 spiro atoms. The second kappa shape index (κ2) is 12.7. The average Bonchev–Trinajstić information content (AvgIpc) is 2.47. The van der Waals surface area contributed by atoms with Crippen LogP contribution in [0.4, 0.5) is 0 Å². The largest absolute Gasteiger partial charge is 0.356 e. The Balaban J connectivity index is 0.00000400. The van der Waals surface area contributed by atoms with E-state index >= 15 is 0 Å². The SMILES string of the molecule is CCCCNC(=NC)NCCCCn1ccccc1=O.I. The number of guanidine groups is 1. The number of hydrogen-bond donors (Lipinski definition) is 2. The zero-order valence-corrected chi connectivity index (χ0v) is 15.3. The van der Waals surface area contributed by atoms with Crippen molar-refractivity contribution in [3.8, 4) is 0 Å². The topological polar surface area (TPSA) is 58.4 Å². The lowest BCUT2D eigenvalue weighted by Crippen LogP contribution is -2.38. The molecule has 0 aromatic carbocycles. The monoisotopic (exact) mass is 406 g/mol. The third kappa shape index (κ3) is 8.75. The zero-order valence-electron chi connectivity index (χ0n) is 13.0. The molecule has 1 aromatic heterocycles. The highest BCUT2D eigenvalue weighted by Crippen LogP contribution is 1.92. The fourth-order valence-electron chi connectivity index (χ4n) is 1.86. The van der Waals surface area contributed by atoms with E-state index < -0.39 is 0 Å². The lowest BCUT2D eigenvalue weighted by atomic mass is 10.3. The second-order valence-corrected chi connectivity index (χ2v) is 4.72. The Kier molecular flexibility index (Phi) is 12.0. The standard InChI is InChI=1S/C15H26N4O.HI/c1-3-4-10-17-15(16-2)18-11-6-8-13-19-12-7-5-9-14(19)20;/h5,7,9,12H,3-4,6,8,10-11,13H2,1-2H3,(H2,16,17,18);1H. The van der Waals surface area contributed by atoms with Crippen LogP contribution in [0, 0.1) is 0 Å². The van der Waals surface area contributed by atoms with Gasteiger partial charge in [0.2, 0.25) is 5.56 Å². The van der Waals surface area contributed by atoms with Crippen LogP contribution in [0.5, 0.6) is 0 Å². The van der Waals surface area contributed by atoms with E-state index in [4.69, 9.17) is 0 Å². The molecule has 2 N–H and O–H groups in total. The zero-order chi connectivity index (χ0) is 14.6.